The summed E-state index contributed by atoms with van der Waals surface area (Å²) in [7, 11) is 0. The van der Waals surface area contributed by atoms with Gasteiger partial charge < -0.3 is 9.47 Å². The van der Waals surface area contributed by atoms with E-state index in [2.05, 4.69) is 26.8 Å². The van der Waals surface area contributed by atoms with Gasteiger partial charge in [0.1, 0.15) is 11.5 Å². The second kappa shape index (κ2) is 9.93. The van der Waals surface area contributed by atoms with Crippen molar-refractivity contribution < 1.29 is 19.1 Å². The van der Waals surface area contributed by atoms with Gasteiger partial charge in [-0.15, -0.1) is 0 Å². The van der Waals surface area contributed by atoms with Crippen LogP contribution in [0.15, 0.2) is 71.2 Å². The van der Waals surface area contributed by atoms with Crippen molar-refractivity contribution in [1.82, 2.24) is 10.9 Å². The second-order valence-electron chi connectivity index (χ2n) is 6.25. The van der Waals surface area contributed by atoms with Crippen molar-refractivity contribution in [2.75, 3.05) is 6.61 Å². The van der Waals surface area contributed by atoms with Crippen molar-refractivity contribution in [2.24, 2.45) is 0 Å². The highest BCUT2D eigenvalue weighted by molar-refractivity contribution is 9.10. The average molecular weight is 457 g/mol. The lowest BCUT2D eigenvalue weighted by atomic mass is 10.1. The first-order valence-corrected chi connectivity index (χ1v) is 9.98. The number of nitrogens with one attached hydrogen (secondary N) is 2. The van der Waals surface area contributed by atoms with Gasteiger partial charge >= 0.3 is 0 Å². The van der Waals surface area contributed by atoms with E-state index in [1.165, 1.54) is 0 Å². The molecule has 0 radical (unpaired) electrons. The SMILES string of the molecule is CCC(Oc1ccccc1)C(=O)NNC(=O)COc1ccc2ccccc2c1Br. The third-order valence-electron chi connectivity index (χ3n) is 4.20. The zero-order valence-corrected chi connectivity index (χ0v) is 17.4. The number of rotatable bonds is 7. The lowest BCUT2D eigenvalue weighted by molar-refractivity contribution is -0.134. The summed E-state index contributed by atoms with van der Waals surface area (Å²) in [6, 6.07) is 20.6. The van der Waals surface area contributed by atoms with Crippen LogP contribution in [-0.4, -0.2) is 24.5 Å². The molecule has 1 unspecified atom stereocenters. The van der Waals surface area contributed by atoms with Crippen LogP contribution in [0.2, 0.25) is 0 Å². The van der Waals surface area contributed by atoms with Gasteiger partial charge in [-0.3, -0.25) is 20.4 Å². The predicted molar refractivity (Wildman–Crippen MR) is 115 cm³/mol. The van der Waals surface area contributed by atoms with Crippen LogP contribution in [0.5, 0.6) is 11.5 Å². The number of fused-ring (bicyclic) bond motifs is 1. The minimum Gasteiger partial charge on any atom is -0.483 e. The largest absolute Gasteiger partial charge is 0.483 e. The molecule has 3 rings (SSSR count). The summed E-state index contributed by atoms with van der Waals surface area (Å²) in [4.78, 5) is 24.3. The topological polar surface area (TPSA) is 76.7 Å². The Balaban J connectivity index is 1.50. The van der Waals surface area contributed by atoms with Crippen LogP contribution in [0, 0.1) is 0 Å². The fraction of sp³-hybridized carbons (Fsp3) is 0.182. The number of carbonyl (C=O) groups is 2. The number of carbonyl (C=O) groups excluding carboxylic acids is 2. The van der Waals surface area contributed by atoms with E-state index in [1.807, 2.05) is 55.5 Å². The Morgan fingerprint density at radius 1 is 0.966 bits per heavy atom. The zero-order chi connectivity index (χ0) is 20.6. The summed E-state index contributed by atoms with van der Waals surface area (Å²) in [5.74, 6) is 0.221. The van der Waals surface area contributed by atoms with E-state index in [-0.39, 0.29) is 6.61 Å². The molecule has 0 aliphatic rings. The van der Waals surface area contributed by atoms with Crippen molar-refractivity contribution in [2.45, 2.75) is 19.4 Å². The predicted octanol–water partition coefficient (Wildman–Crippen LogP) is 3.99. The molecule has 0 aromatic heterocycles. The van der Waals surface area contributed by atoms with E-state index in [1.54, 1.807) is 18.2 Å². The monoisotopic (exact) mass is 456 g/mol. The number of amides is 2. The number of para-hydroxylation sites is 1. The Kier molecular flexibility index (Phi) is 7.08. The maximum Gasteiger partial charge on any atom is 0.279 e. The van der Waals surface area contributed by atoms with Gasteiger partial charge in [0.25, 0.3) is 11.8 Å². The van der Waals surface area contributed by atoms with Crippen LogP contribution in [0.3, 0.4) is 0 Å². The first kappa shape index (κ1) is 20.7. The molecule has 0 aliphatic heterocycles. The number of halogens is 1. The Bertz CT molecular complexity index is 995. The molecule has 0 fully saturated rings. The maximum atomic E-state index is 12.3. The van der Waals surface area contributed by atoms with Crippen molar-refractivity contribution >= 4 is 38.5 Å². The Morgan fingerprint density at radius 2 is 1.69 bits per heavy atom. The molecule has 0 heterocycles. The van der Waals surface area contributed by atoms with Gasteiger partial charge in [-0.25, -0.2) is 0 Å². The average Bonchev–Trinajstić information content (AvgIpc) is 2.76. The Labute approximate surface area is 177 Å². The highest BCUT2D eigenvalue weighted by Gasteiger charge is 2.19. The molecule has 3 aromatic carbocycles. The van der Waals surface area contributed by atoms with Gasteiger partial charge in [0.2, 0.25) is 0 Å². The normalized spacial score (nSPS) is 11.5. The summed E-state index contributed by atoms with van der Waals surface area (Å²) >= 11 is 3.51. The molecule has 7 heteroatoms. The number of hydrogen-bond donors (Lipinski definition) is 2. The number of hydrogen-bond acceptors (Lipinski definition) is 4. The quantitative estimate of drug-likeness (QED) is 0.527. The molecule has 0 saturated carbocycles. The van der Waals surface area contributed by atoms with Crippen molar-refractivity contribution in [3.8, 4) is 11.5 Å². The van der Waals surface area contributed by atoms with Crippen LogP contribution in [-0.2, 0) is 9.59 Å². The van der Waals surface area contributed by atoms with Gasteiger partial charge in [0.05, 0.1) is 4.47 Å². The molecule has 2 N–H and O–H groups in total. The molecule has 2 amide bonds. The summed E-state index contributed by atoms with van der Waals surface area (Å²) in [5, 5.41) is 2.05. The fourth-order valence-electron chi connectivity index (χ4n) is 2.70. The third-order valence-corrected chi connectivity index (χ3v) is 5.01. The highest BCUT2D eigenvalue weighted by atomic mass is 79.9. The Morgan fingerprint density at radius 3 is 2.45 bits per heavy atom. The van der Waals surface area contributed by atoms with Gasteiger partial charge in [0, 0.05) is 0 Å². The molecule has 0 saturated heterocycles. The third kappa shape index (κ3) is 5.48. The van der Waals surface area contributed by atoms with E-state index < -0.39 is 17.9 Å². The smallest absolute Gasteiger partial charge is 0.279 e. The fourth-order valence-corrected chi connectivity index (χ4v) is 3.31. The molecule has 29 heavy (non-hydrogen) atoms. The lowest BCUT2D eigenvalue weighted by Crippen LogP contribution is -2.49. The van der Waals surface area contributed by atoms with E-state index in [0.717, 1.165) is 15.2 Å². The van der Waals surface area contributed by atoms with Crippen LogP contribution >= 0.6 is 15.9 Å². The van der Waals surface area contributed by atoms with Gasteiger partial charge in [-0.2, -0.15) is 0 Å². The molecule has 150 valence electrons. The van der Waals surface area contributed by atoms with Crippen LogP contribution < -0.4 is 20.3 Å². The van der Waals surface area contributed by atoms with Crippen LogP contribution in [0.25, 0.3) is 10.8 Å². The number of hydrazine groups is 1. The second-order valence-corrected chi connectivity index (χ2v) is 7.05. The van der Waals surface area contributed by atoms with Gasteiger partial charge in [-0.1, -0.05) is 55.5 Å². The van der Waals surface area contributed by atoms with E-state index in [4.69, 9.17) is 9.47 Å². The first-order chi connectivity index (χ1) is 14.1. The van der Waals surface area contributed by atoms with Crippen molar-refractivity contribution in [3.05, 3.63) is 71.2 Å². The standard InChI is InChI=1S/C22H21BrN2O4/c1-2-18(29-16-9-4-3-5-10-16)22(27)25-24-20(26)14-28-19-13-12-15-8-6-7-11-17(15)21(19)23/h3-13,18H,2,14H2,1H3,(H,24,26)(H,25,27). The molecule has 0 bridgehead atoms. The summed E-state index contributed by atoms with van der Waals surface area (Å²) in [5.41, 5.74) is 4.73. The minimum absolute atomic E-state index is 0.243. The van der Waals surface area contributed by atoms with E-state index in [9.17, 15) is 9.59 Å². The molecule has 3 aromatic rings. The van der Waals surface area contributed by atoms with E-state index in [0.29, 0.717) is 17.9 Å². The van der Waals surface area contributed by atoms with Crippen LogP contribution in [0.1, 0.15) is 13.3 Å². The summed E-state index contributed by atoms with van der Waals surface area (Å²) < 4.78 is 12.0. The maximum absolute atomic E-state index is 12.3. The zero-order valence-electron chi connectivity index (χ0n) is 15.9. The van der Waals surface area contributed by atoms with Crippen molar-refractivity contribution in [3.63, 3.8) is 0 Å². The van der Waals surface area contributed by atoms with Crippen LogP contribution in [0.4, 0.5) is 0 Å². The molecular formula is C22H21BrN2O4. The van der Waals surface area contributed by atoms with E-state index >= 15 is 0 Å². The lowest BCUT2D eigenvalue weighted by Gasteiger charge is -2.17. The molecule has 0 spiro atoms. The number of benzene rings is 3. The summed E-state index contributed by atoms with van der Waals surface area (Å²) in [6.07, 6.45) is -0.259. The molecule has 1 atom stereocenters. The van der Waals surface area contributed by atoms with Crippen molar-refractivity contribution in [1.29, 1.82) is 0 Å². The molecule has 0 aliphatic carbocycles. The first-order valence-electron chi connectivity index (χ1n) is 9.19. The van der Waals surface area contributed by atoms with Gasteiger partial charge in [-0.05, 0) is 51.3 Å². The highest BCUT2D eigenvalue weighted by Crippen LogP contribution is 2.32. The Hall–Kier alpha value is -3.06. The molecular weight excluding hydrogens is 436 g/mol. The number of ether oxygens (including phenoxy) is 2. The minimum atomic E-state index is -0.715. The molecule has 6 nitrogen and oxygen atoms in total. The summed E-state index contributed by atoms with van der Waals surface area (Å²) in [6.45, 7) is 1.59. The van der Waals surface area contributed by atoms with Gasteiger partial charge in [0.15, 0.2) is 12.7 Å².